The average Bonchev–Trinajstić information content (AvgIpc) is 2.67. The number of benzene rings is 1. The molecular weight excluding hydrogens is 398 g/mol. The van der Waals surface area contributed by atoms with Crippen molar-refractivity contribution in [3.05, 3.63) is 58.9 Å². The van der Waals surface area contributed by atoms with Crippen molar-refractivity contribution in [1.29, 1.82) is 0 Å². The van der Waals surface area contributed by atoms with Gasteiger partial charge in [0.2, 0.25) is 15.9 Å². The third kappa shape index (κ3) is 4.48. The number of amides is 1. The number of piperazine rings is 1. The number of thioether (sulfide) groups is 1. The van der Waals surface area contributed by atoms with E-state index in [1.165, 1.54) is 22.3 Å². The fraction of sp³-hybridized carbons (Fsp3) is 0.368. The highest BCUT2D eigenvalue weighted by Crippen LogP contribution is 2.22. The molecule has 1 aromatic carbocycles. The SMILES string of the molecule is Cc1ccc(S(=O)(=O)N2CCN(C(=O)CSc3cccc[n+]3[O-])CC2)c(C)c1. The van der Waals surface area contributed by atoms with Crippen LogP contribution in [-0.2, 0) is 14.8 Å². The summed E-state index contributed by atoms with van der Waals surface area (Å²) in [6, 6.07) is 10.3. The molecule has 1 amide bonds. The average molecular weight is 422 g/mol. The summed E-state index contributed by atoms with van der Waals surface area (Å²) in [5, 5.41) is 12.1. The molecule has 2 aromatic rings. The van der Waals surface area contributed by atoms with Gasteiger partial charge in [0, 0.05) is 38.3 Å². The van der Waals surface area contributed by atoms with Gasteiger partial charge in [0.25, 0.3) is 5.03 Å². The maximum atomic E-state index is 12.9. The van der Waals surface area contributed by atoms with E-state index in [1.807, 2.05) is 13.0 Å². The quantitative estimate of drug-likeness (QED) is 0.416. The van der Waals surface area contributed by atoms with Crippen molar-refractivity contribution >= 4 is 27.7 Å². The zero-order chi connectivity index (χ0) is 20.3. The van der Waals surface area contributed by atoms with Gasteiger partial charge in [0.05, 0.1) is 10.6 Å². The fourth-order valence-corrected chi connectivity index (χ4v) is 5.60. The van der Waals surface area contributed by atoms with Crippen LogP contribution in [0.2, 0.25) is 0 Å². The van der Waals surface area contributed by atoms with Crippen LogP contribution in [0.5, 0.6) is 0 Å². The lowest BCUT2D eigenvalue weighted by atomic mass is 10.2. The van der Waals surface area contributed by atoms with Crippen LogP contribution in [0.3, 0.4) is 0 Å². The number of nitrogens with zero attached hydrogens (tertiary/aromatic N) is 3. The number of carbonyl (C=O) groups excluding carboxylic acids is 1. The Balaban J connectivity index is 1.59. The van der Waals surface area contributed by atoms with E-state index in [9.17, 15) is 18.4 Å². The first-order valence-electron chi connectivity index (χ1n) is 8.95. The molecule has 0 aliphatic carbocycles. The summed E-state index contributed by atoms with van der Waals surface area (Å²) >= 11 is 1.18. The van der Waals surface area contributed by atoms with Crippen molar-refractivity contribution in [3.63, 3.8) is 0 Å². The molecule has 0 spiro atoms. The molecule has 3 rings (SSSR count). The molecule has 7 nitrogen and oxygen atoms in total. The lowest BCUT2D eigenvalue weighted by Gasteiger charge is -2.34. The molecule has 28 heavy (non-hydrogen) atoms. The second-order valence-corrected chi connectivity index (χ2v) is 9.61. The topological polar surface area (TPSA) is 84.6 Å². The Bertz CT molecular complexity index is 971. The van der Waals surface area contributed by atoms with E-state index < -0.39 is 10.0 Å². The van der Waals surface area contributed by atoms with E-state index >= 15 is 0 Å². The minimum absolute atomic E-state index is 0.0996. The summed E-state index contributed by atoms with van der Waals surface area (Å²) in [5.41, 5.74) is 1.74. The first-order valence-corrected chi connectivity index (χ1v) is 11.4. The van der Waals surface area contributed by atoms with Crippen molar-refractivity contribution in [3.8, 4) is 0 Å². The molecule has 0 atom stereocenters. The fourth-order valence-electron chi connectivity index (χ4n) is 3.16. The van der Waals surface area contributed by atoms with Crippen LogP contribution < -0.4 is 4.73 Å². The van der Waals surface area contributed by atoms with E-state index in [1.54, 1.807) is 42.2 Å². The molecule has 1 fully saturated rings. The summed E-state index contributed by atoms with van der Waals surface area (Å²) in [4.78, 5) is 14.4. The molecule has 9 heteroatoms. The molecule has 0 saturated carbocycles. The number of aryl methyl sites for hydroxylation is 2. The van der Waals surface area contributed by atoms with Crippen molar-refractivity contribution in [2.24, 2.45) is 0 Å². The van der Waals surface area contributed by atoms with Gasteiger partial charge in [-0.25, -0.2) is 8.42 Å². The maximum Gasteiger partial charge on any atom is 0.251 e. The van der Waals surface area contributed by atoms with Gasteiger partial charge in [0.15, 0.2) is 6.20 Å². The van der Waals surface area contributed by atoms with E-state index in [0.29, 0.717) is 23.0 Å². The third-order valence-electron chi connectivity index (χ3n) is 4.67. The van der Waals surface area contributed by atoms with Gasteiger partial charge in [0.1, 0.15) is 0 Å². The van der Waals surface area contributed by atoms with E-state index in [4.69, 9.17) is 0 Å². The number of hydrogen-bond acceptors (Lipinski definition) is 5. The molecular formula is C19H23N3O4S2. The van der Waals surface area contributed by atoms with Gasteiger partial charge < -0.3 is 10.1 Å². The molecule has 1 aliphatic rings. The molecule has 1 aromatic heterocycles. The molecule has 0 unspecified atom stereocenters. The predicted octanol–water partition coefficient (Wildman–Crippen LogP) is 1.56. The molecule has 2 heterocycles. The zero-order valence-corrected chi connectivity index (χ0v) is 17.5. The number of pyridine rings is 1. The van der Waals surface area contributed by atoms with Crippen LogP contribution in [-0.4, -0.2) is 55.5 Å². The molecule has 0 bridgehead atoms. The maximum absolute atomic E-state index is 12.9. The van der Waals surface area contributed by atoms with Crippen molar-refractivity contribution in [1.82, 2.24) is 9.21 Å². The summed E-state index contributed by atoms with van der Waals surface area (Å²) < 4.78 is 28.0. The number of carbonyl (C=O) groups is 1. The van der Waals surface area contributed by atoms with Crippen LogP contribution >= 0.6 is 11.8 Å². The van der Waals surface area contributed by atoms with E-state index in [0.717, 1.165) is 15.9 Å². The van der Waals surface area contributed by atoms with Crippen molar-refractivity contribution in [2.45, 2.75) is 23.8 Å². The minimum Gasteiger partial charge on any atom is -0.618 e. The van der Waals surface area contributed by atoms with Crippen LogP contribution in [0, 0.1) is 19.1 Å². The van der Waals surface area contributed by atoms with Crippen LogP contribution in [0.4, 0.5) is 0 Å². The second kappa shape index (κ2) is 8.50. The first-order chi connectivity index (χ1) is 13.3. The van der Waals surface area contributed by atoms with Crippen LogP contribution in [0.15, 0.2) is 52.5 Å². The molecule has 0 radical (unpaired) electrons. The normalized spacial score (nSPS) is 15.6. The van der Waals surface area contributed by atoms with E-state index in [2.05, 4.69) is 0 Å². The third-order valence-corrected chi connectivity index (χ3v) is 7.73. The Morgan fingerprint density at radius 1 is 1.14 bits per heavy atom. The summed E-state index contributed by atoms with van der Waals surface area (Å²) in [7, 11) is -3.57. The summed E-state index contributed by atoms with van der Waals surface area (Å²) in [6.07, 6.45) is 1.39. The predicted molar refractivity (Wildman–Crippen MR) is 107 cm³/mol. The molecule has 0 N–H and O–H groups in total. The van der Waals surface area contributed by atoms with Gasteiger partial charge in [-0.05, 0) is 43.3 Å². The van der Waals surface area contributed by atoms with E-state index in [-0.39, 0.29) is 24.7 Å². The lowest BCUT2D eigenvalue weighted by Crippen LogP contribution is -2.51. The summed E-state index contributed by atoms with van der Waals surface area (Å²) in [5.74, 6) is 0.0493. The molecule has 1 aliphatic heterocycles. The Labute approximate surface area is 169 Å². The first kappa shape index (κ1) is 20.6. The minimum atomic E-state index is -3.57. The smallest absolute Gasteiger partial charge is 0.251 e. The molecule has 1 saturated heterocycles. The number of rotatable bonds is 5. The highest BCUT2D eigenvalue weighted by molar-refractivity contribution is 7.99. The van der Waals surface area contributed by atoms with Gasteiger partial charge in [-0.15, -0.1) is 0 Å². The molecule has 150 valence electrons. The number of hydrogen-bond donors (Lipinski definition) is 0. The van der Waals surface area contributed by atoms with Crippen molar-refractivity contribution < 1.29 is 17.9 Å². The van der Waals surface area contributed by atoms with Gasteiger partial charge in [-0.2, -0.15) is 9.04 Å². The largest absolute Gasteiger partial charge is 0.618 e. The summed E-state index contributed by atoms with van der Waals surface area (Å²) in [6.45, 7) is 4.93. The number of aromatic nitrogens is 1. The Morgan fingerprint density at radius 3 is 2.50 bits per heavy atom. The van der Waals surface area contributed by atoms with Gasteiger partial charge in [-0.1, -0.05) is 17.7 Å². The highest BCUT2D eigenvalue weighted by atomic mass is 32.2. The lowest BCUT2D eigenvalue weighted by molar-refractivity contribution is -0.645. The Morgan fingerprint density at radius 2 is 1.86 bits per heavy atom. The highest BCUT2D eigenvalue weighted by Gasteiger charge is 2.31. The van der Waals surface area contributed by atoms with Gasteiger partial charge in [-0.3, -0.25) is 4.79 Å². The monoisotopic (exact) mass is 421 g/mol. The Hall–Kier alpha value is -2.10. The van der Waals surface area contributed by atoms with Crippen molar-refractivity contribution in [2.75, 3.05) is 31.9 Å². The van der Waals surface area contributed by atoms with Crippen LogP contribution in [0.25, 0.3) is 0 Å². The second-order valence-electron chi connectivity index (χ2n) is 6.71. The van der Waals surface area contributed by atoms with Crippen LogP contribution in [0.1, 0.15) is 11.1 Å². The standard InChI is InChI=1S/C19H23N3O4S2/c1-15-6-7-17(16(2)13-15)28(25,26)21-11-9-20(10-12-21)18(23)14-27-19-5-3-4-8-22(19)24/h3-8,13H,9-12,14H2,1-2H3. The number of sulfonamides is 1. The zero-order valence-electron chi connectivity index (χ0n) is 15.9. The Kier molecular flexibility index (Phi) is 6.26. The van der Waals surface area contributed by atoms with Gasteiger partial charge >= 0.3 is 0 Å².